The van der Waals surface area contributed by atoms with Gasteiger partial charge in [0, 0.05) is 6.42 Å². The van der Waals surface area contributed by atoms with Crippen molar-refractivity contribution in [2.24, 2.45) is 0 Å². The Kier molecular flexibility index (Phi) is 11.5. The lowest BCUT2D eigenvalue weighted by atomic mass is 10.0. The third-order valence-electron chi connectivity index (χ3n) is 4.32. The van der Waals surface area contributed by atoms with Crippen LogP contribution < -0.4 is 0 Å². The Bertz CT molecular complexity index is 234. The highest BCUT2D eigenvalue weighted by atomic mass is 32.2. The van der Waals surface area contributed by atoms with Gasteiger partial charge in [0.15, 0.2) is 0 Å². The van der Waals surface area contributed by atoms with Crippen molar-refractivity contribution >= 4 is 17.5 Å². The summed E-state index contributed by atoms with van der Waals surface area (Å²) in [5, 5.41) is 0.349. The molecule has 0 aromatic heterocycles. The zero-order valence-electron chi connectivity index (χ0n) is 13.5. The molecule has 0 bridgehead atoms. The molecule has 0 aromatic carbocycles. The number of hydrogen-bond acceptors (Lipinski definition) is 2. The van der Waals surface area contributed by atoms with Crippen LogP contribution >= 0.6 is 11.8 Å². The number of ketones is 1. The standard InChI is InChI=1S/C18H34OS/c1-2-3-4-5-6-7-8-9-10-11-14-17(19)18-15-12-13-16-20-18/h18H,2-16H2,1H3. The van der Waals surface area contributed by atoms with E-state index in [4.69, 9.17) is 0 Å². The summed E-state index contributed by atoms with van der Waals surface area (Å²) in [5.41, 5.74) is 0. The molecule has 1 fully saturated rings. The SMILES string of the molecule is CCCCCCCCCCCCC(=O)C1CCCCS1. The maximum absolute atomic E-state index is 12.0. The van der Waals surface area contributed by atoms with Gasteiger partial charge in [0.05, 0.1) is 5.25 Å². The van der Waals surface area contributed by atoms with Gasteiger partial charge in [0.2, 0.25) is 0 Å². The summed E-state index contributed by atoms with van der Waals surface area (Å²) < 4.78 is 0. The molecule has 0 radical (unpaired) electrons. The average molecular weight is 299 g/mol. The molecule has 1 unspecified atom stereocenters. The topological polar surface area (TPSA) is 17.1 Å². The molecule has 0 amide bonds. The number of hydrogen-bond donors (Lipinski definition) is 0. The molecule has 1 rings (SSSR count). The van der Waals surface area contributed by atoms with Crippen molar-refractivity contribution in [2.45, 2.75) is 102 Å². The average Bonchev–Trinajstić information content (AvgIpc) is 2.50. The molecule has 0 spiro atoms. The fraction of sp³-hybridized carbons (Fsp3) is 0.944. The van der Waals surface area contributed by atoms with Crippen LogP contribution in [0.1, 0.15) is 96.8 Å². The minimum absolute atomic E-state index is 0.349. The second-order valence-corrected chi connectivity index (χ2v) is 7.56. The van der Waals surface area contributed by atoms with Gasteiger partial charge in [-0.1, -0.05) is 71.1 Å². The second-order valence-electron chi connectivity index (χ2n) is 6.25. The Morgan fingerprint density at radius 2 is 1.50 bits per heavy atom. The summed E-state index contributed by atoms with van der Waals surface area (Å²) in [6, 6.07) is 0. The van der Waals surface area contributed by atoms with E-state index in [2.05, 4.69) is 6.92 Å². The quantitative estimate of drug-likeness (QED) is 0.402. The van der Waals surface area contributed by atoms with Crippen LogP contribution in [0.4, 0.5) is 0 Å². The van der Waals surface area contributed by atoms with E-state index in [1.807, 2.05) is 11.8 Å². The largest absolute Gasteiger partial charge is 0.298 e. The molecule has 0 saturated carbocycles. The molecule has 1 aliphatic heterocycles. The van der Waals surface area contributed by atoms with Gasteiger partial charge in [0.25, 0.3) is 0 Å². The van der Waals surface area contributed by atoms with E-state index in [0.717, 1.165) is 19.3 Å². The van der Waals surface area contributed by atoms with Crippen molar-refractivity contribution in [3.63, 3.8) is 0 Å². The van der Waals surface area contributed by atoms with Crippen LogP contribution in [0, 0.1) is 0 Å². The van der Waals surface area contributed by atoms with E-state index in [1.165, 1.54) is 76.4 Å². The van der Waals surface area contributed by atoms with Gasteiger partial charge < -0.3 is 0 Å². The number of carbonyl (C=O) groups is 1. The molecule has 1 heterocycles. The Labute approximate surface area is 130 Å². The molecule has 1 atom stereocenters. The van der Waals surface area contributed by atoms with E-state index < -0.39 is 0 Å². The van der Waals surface area contributed by atoms with Crippen molar-refractivity contribution in [3.05, 3.63) is 0 Å². The first-order valence-corrected chi connectivity index (χ1v) is 10.0. The van der Waals surface area contributed by atoms with Gasteiger partial charge >= 0.3 is 0 Å². The van der Waals surface area contributed by atoms with E-state index >= 15 is 0 Å². The number of rotatable bonds is 12. The first-order chi connectivity index (χ1) is 9.84. The van der Waals surface area contributed by atoms with Gasteiger partial charge in [-0.2, -0.15) is 11.8 Å². The molecule has 0 aromatic rings. The van der Waals surface area contributed by atoms with Crippen LogP contribution in [0.2, 0.25) is 0 Å². The monoisotopic (exact) mass is 298 g/mol. The zero-order chi connectivity index (χ0) is 14.5. The molecule has 0 aliphatic carbocycles. The number of carbonyl (C=O) groups excluding carboxylic acids is 1. The van der Waals surface area contributed by atoms with E-state index in [0.29, 0.717) is 11.0 Å². The van der Waals surface area contributed by atoms with E-state index in [9.17, 15) is 4.79 Å². The van der Waals surface area contributed by atoms with Gasteiger partial charge in [-0.05, 0) is 25.0 Å². The van der Waals surface area contributed by atoms with Crippen molar-refractivity contribution in [2.75, 3.05) is 5.75 Å². The minimum Gasteiger partial charge on any atom is -0.298 e. The predicted molar refractivity (Wildman–Crippen MR) is 91.6 cm³/mol. The van der Waals surface area contributed by atoms with Crippen molar-refractivity contribution in [3.8, 4) is 0 Å². The molecule has 1 aliphatic rings. The van der Waals surface area contributed by atoms with Crippen molar-refractivity contribution in [1.29, 1.82) is 0 Å². The highest BCUT2D eigenvalue weighted by Crippen LogP contribution is 2.27. The Balaban J connectivity index is 1.83. The Morgan fingerprint density at radius 3 is 2.05 bits per heavy atom. The Hall–Kier alpha value is 0.0200. The maximum atomic E-state index is 12.0. The first kappa shape index (κ1) is 18.1. The molecule has 1 saturated heterocycles. The summed E-state index contributed by atoms with van der Waals surface area (Å²) in [7, 11) is 0. The van der Waals surface area contributed by atoms with Crippen molar-refractivity contribution in [1.82, 2.24) is 0 Å². The molecule has 118 valence electrons. The molecule has 0 N–H and O–H groups in total. The molecule has 2 heteroatoms. The predicted octanol–water partition coefficient (Wildman–Crippen LogP) is 6.15. The summed E-state index contributed by atoms with van der Waals surface area (Å²) in [4.78, 5) is 12.0. The number of unbranched alkanes of at least 4 members (excludes halogenated alkanes) is 9. The van der Waals surface area contributed by atoms with Gasteiger partial charge in [0.1, 0.15) is 5.78 Å². The third kappa shape index (κ3) is 9.05. The van der Waals surface area contributed by atoms with Crippen LogP contribution in [0.25, 0.3) is 0 Å². The van der Waals surface area contributed by atoms with Gasteiger partial charge in [-0.15, -0.1) is 0 Å². The smallest absolute Gasteiger partial charge is 0.145 e. The summed E-state index contributed by atoms with van der Waals surface area (Å²) in [6.07, 6.45) is 18.1. The maximum Gasteiger partial charge on any atom is 0.145 e. The van der Waals surface area contributed by atoms with Crippen LogP contribution in [0.3, 0.4) is 0 Å². The lowest BCUT2D eigenvalue weighted by Gasteiger charge is -2.19. The normalized spacial score (nSPS) is 19.1. The summed E-state index contributed by atoms with van der Waals surface area (Å²) >= 11 is 1.90. The molecule has 20 heavy (non-hydrogen) atoms. The molecule has 1 nitrogen and oxygen atoms in total. The summed E-state index contributed by atoms with van der Waals surface area (Å²) in [6.45, 7) is 2.27. The van der Waals surface area contributed by atoms with Crippen LogP contribution in [-0.4, -0.2) is 16.8 Å². The van der Waals surface area contributed by atoms with Gasteiger partial charge in [-0.25, -0.2) is 0 Å². The molecular formula is C18H34OS. The van der Waals surface area contributed by atoms with Crippen LogP contribution in [0.15, 0.2) is 0 Å². The fourth-order valence-electron chi connectivity index (χ4n) is 2.94. The zero-order valence-corrected chi connectivity index (χ0v) is 14.3. The number of thioether (sulfide) groups is 1. The number of Topliss-reactive ketones (excluding diaryl/α,β-unsaturated/α-hetero) is 1. The van der Waals surface area contributed by atoms with Gasteiger partial charge in [-0.3, -0.25) is 4.79 Å². The lowest BCUT2D eigenvalue weighted by Crippen LogP contribution is -2.20. The highest BCUT2D eigenvalue weighted by molar-refractivity contribution is 8.00. The fourth-order valence-corrected chi connectivity index (χ4v) is 4.23. The lowest BCUT2D eigenvalue weighted by molar-refractivity contribution is -0.118. The van der Waals surface area contributed by atoms with E-state index in [-0.39, 0.29) is 0 Å². The first-order valence-electron chi connectivity index (χ1n) is 8.99. The van der Waals surface area contributed by atoms with Crippen LogP contribution in [0.5, 0.6) is 0 Å². The van der Waals surface area contributed by atoms with E-state index in [1.54, 1.807) is 0 Å². The Morgan fingerprint density at radius 1 is 0.900 bits per heavy atom. The molecular weight excluding hydrogens is 264 g/mol. The van der Waals surface area contributed by atoms with Crippen LogP contribution in [-0.2, 0) is 4.79 Å². The summed E-state index contributed by atoms with van der Waals surface area (Å²) in [5.74, 6) is 1.74. The highest BCUT2D eigenvalue weighted by Gasteiger charge is 2.20. The third-order valence-corrected chi connectivity index (χ3v) is 5.74. The minimum atomic E-state index is 0.349. The second kappa shape index (κ2) is 12.7. The van der Waals surface area contributed by atoms with Crippen molar-refractivity contribution < 1.29 is 4.79 Å².